The highest BCUT2D eigenvalue weighted by Crippen LogP contribution is 2.14. The highest BCUT2D eigenvalue weighted by atomic mass is 32.2. The van der Waals surface area contributed by atoms with Gasteiger partial charge >= 0.3 is 0 Å². The van der Waals surface area contributed by atoms with Crippen molar-refractivity contribution in [2.45, 2.75) is 11.4 Å². The van der Waals surface area contributed by atoms with Crippen LogP contribution in [0.25, 0.3) is 0 Å². The van der Waals surface area contributed by atoms with Gasteiger partial charge in [0.15, 0.2) is 0 Å². The summed E-state index contributed by atoms with van der Waals surface area (Å²) < 4.78 is 26.6. The lowest BCUT2D eigenvalue weighted by Crippen LogP contribution is -2.24. The van der Waals surface area contributed by atoms with Gasteiger partial charge < -0.3 is 0 Å². The second-order valence-electron chi connectivity index (χ2n) is 3.63. The van der Waals surface area contributed by atoms with Gasteiger partial charge in [0.2, 0.25) is 10.0 Å². The van der Waals surface area contributed by atoms with Crippen molar-refractivity contribution in [2.24, 2.45) is 0 Å². The average Bonchev–Trinajstić information content (AvgIpc) is 2.46. The lowest BCUT2D eigenvalue weighted by Gasteiger charge is -2.07. The number of sulfonamides is 1. The van der Waals surface area contributed by atoms with Gasteiger partial charge in [0.05, 0.1) is 22.7 Å². The Morgan fingerprint density at radius 2 is 2.05 bits per heavy atom. The molecule has 1 aromatic heterocycles. The van der Waals surface area contributed by atoms with Crippen molar-refractivity contribution < 1.29 is 8.42 Å². The summed E-state index contributed by atoms with van der Waals surface area (Å²) in [6, 6.07) is 9.49. The average molecular weight is 274 g/mol. The van der Waals surface area contributed by atoms with E-state index in [1.54, 1.807) is 18.2 Å². The Hall–Kier alpha value is -2.30. The summed E-state index contributed by atoms with van der Waals surface area (Å²) in [4.78, 5) is 7.62. The Balaban J connectivity index is 2.22. The summed E-state index contributed by atoms with van der Waals surface area (Å²) in [6.07, 6.45) is 2.87. The lowest BCUT2D eigenvalue weighted by molar-refractivity contribution is 0.580. The molecule has 0 fully saturated rings. The van der Waals surface area contributed by atoms with Gasteiger partial charge in [0, 0.05) is 6.20 Å². The standard InChI is InChI=1S/C12H10N4O2S/c13-7-10-3-1-2-4-12(10)19(17,18)16-8-11-5-6-14-9-15-11/h1-6,9,16H,8H2. The van der Waals surface area contributed by atoms with Crippen LogP contribution >= 0.6 is 0 Å². The number of benzene rings is 1. The minimum Gasteiger partial charge on any atom is -0.245 e. The monoisotopic (exact) mass is 274 g/mol. The molecule has 0 saturated carbocycles. The van der Waals surface area contributed by atoms with E-state index in [9.17, 15) is 8.42 Å². The fourth-order valence-electron chi connectivity index (χ4n) is 1.46. The molecular formula is C12H10N4O2S. The van der Waals surface area contributed by atoms with Crippen LogP contribution in [0.2, 0.25) is 0 Å². The molecule has 0 amide bonds. The molecule has 0 atom stereocenters. The first-order valence-electron chi connectivity index (χ1n) is 5.37. The van der Waals surface area contributed by atoms with E-state index >= 15 is 0 Å². The van der Waals surface area contributed by atoms with E-state index in [1.165, 1.54) is 24.7 Å². The largest absolute Gasteiger partial charge is 0.245 e. The third-order valence-electron chi connectivity index (χ3n) is 2.38. The predicted molar refractivity (Wildman–Crippen MR) is 67.2 cm³/mol. The molecule has 0 aliphatic carbocycles. The molecule has 6 nitrogen and oxygen atoms in total. The molecule has 0 spiro atoms. The smallest absolute Gasteiger partial charge is 0.242 e. The van der Waals surface area contributed by atoms with Crippen LogP contribution in [-0.2, 0) is 16.6 Å². The minimum atomic E-state index is -3.73. The predicted octanol–water partition coefficient (Wildman–Crippen LogP) is 0.827. The summed E-state index contributed by atoms with van der Waals surface area (Å²) in [5, 5.41) is 8.90. The highest BCUT2D eigenvalue weighted by molar-refractivity contribution is 7.89. The van der Waals surface area contributed by atoms with Crippen LogP contribution in [0, 0.1) is 11.3 Å². The fourth-order valence-corrected chi connectivity index (χ4v) is 2.62. The molecule has 1 aromatic carbocycles. The topological polar surface area (TPSA) is 95.7 Å². The first-order valence-corrected chi connectivity index (χ1v) is 6.85. The van der Waals surface area contributed by atoms with E-state index in [1.807, 2.05) is 6.07 Å². The molecule has 0 unspecified atom stereocenters. The summed E-state index contributed by atoms with van der Waals surface area (Å²) >= 11 is 0. The summed E-state index contributed by atoms with van der Waals surface area (Å²) in [5.74, 6) is 0. The molecule has 2 rings (SSSR count). The molecule has 0 aliphatic heterocycles. The molecule has 0 saturated heterocycles. The van der Waals surface area contributed by atoms with E-state index in [0.717, 1.165) is 0 Å². The van der Waals surface area contributed by atoms with Crippen molar-refractivity contribution in [1.29, 1.82) is 5.26 Å². The Bertz CT molecular complexity index is 708. The van der Waals surface area contributed by atoms with Gasteiger partial charge in [-0.2, -0.15) is 5.26 Å². The third kappa shape index (κ3) is 3.13. The zero-order chi connectivity index (χ0) is 13.7. The van der Waals surface area contributed by atoms with Crippen LogP contribution in [0.4, 0.5) is 0 Å². The maximum Gasteiger partial charge on any atom is 0.242 e. The van der Waals surface area contributed by atoms with Crippen molar-refractivity contribution in [1.82, 2.24) is 14.7 Å². The Labute approximate surface area is 110 Å². The van der Waals surface area contributed by atoms with Gasteiger partial charge in [0.25, 0.3) is 0 Å². The molecule has 0 aliphatic rings. The van der Waals surface area contributed by atoms with Crippen LogP contribution in [-0.4, -0.2) is 18.4 Å². The highest BCUT2D eigenvalue weighted by Gasteiger charge is 2.17. The number of nitrogens with one attached hydrogen (secondary N) is 1. The maximum atomic E-state index is 12.1. The summed E-state index contributed by atoms with van der Waals surface area (Å²) in [7, 11) is -3.73. The number of nitriles is 1. The molecular weight excluding hydrogens is 264 g/mol. The molecule has 2 aromatic rings. The third-order valence-corrected chi connectivity index (χ3v) is 3.84. The van der Waals surface area contributed by atoms with Crippen molar-refractivity contribution in [2.75, 3.05) is 0 Å². The van der Waals surface area contributed by atoms with Crippen molar-refractivity contribution in [3.05, 3.63) is 54.1 Å². The van der Waals surface area contributed by atoms with Crippen LogP contribution in [0.1, 0.15) is 11.3 Å². The van der Waals surface area contributed by atoms with E-state index in [4.69, 9.17) is 5.26 Å². The quantitative estimate of drug-likeness (QED) is 0.890. The van der Waals surface area contributed by atoms with Crippen LogP contribution in [0.5, 0.6) is 0 Å². The first-order chi connectivity index (χ1) is 9.13. The van der Waals surface area contributed by atoms with E-state index in [-0.39, 0.29) is 17.0 Å². The first kappa shape index (κ1) is 13.1. The van der Waals surface area contributed by atoms with Gasteiger partial charge in [-0.05, 0) is 18.2 Å². The lowest BCUT2D eigenvalue weighted by atomic mass is 10.2. The van der Waals surface area contributed by atoms with Gasteiger partial charge in [-0.1, -0.05) is 12.1 Å². The SMILES string of the molecule is N#Cc1ccccc1S(=O)(=O)NCc1ccncn1. The van der Waals surface area contributed by atoms with Crippen LogP contribution in [0.15, 0.2) is 47.8 Å². The van der Waals surface area contributed by atoms with E-state index < -0.39 is 10.0 Å². The zero-order valence-electron chi connectivity index (χ0n) is 9.81. The number of hydrogen-bond donors (Lipinski definition) is 1. The van der Waals surface area contributed by atoms with Gasteiger partial charge in [-0.15, -0.1) is 0 Å². The minimum absolute atomic E-state index is 0.0356. The number of nitrogens with zero attached hydrogens (tertiary/aromatic N) is 3. The summed E-state index contributed by atoms with van der Waals surface area (Å²) in [6.45, 7) is 0.0462. The van der Waals surface area contributed by atoms with E-state index in [0.29, 0.717) is 5.69 Å². The van der Waals surface area contributed by atoms with Gasteiger partial charge in [0.1, 0.15) is 12.4 Å². The Morgan fingerprint density at radius 3 is 2.74 bits per heavy atom. The number of rotatable bonds is 4. The zero-order valence-corrected chi connectivity index (χ0v) is 10.6. The normalized spacial score (nSPS) is 10.9. The fraction of sp³-hybridized carbons (Fsp3) is 0.0833. The Morgan fingerprint density at radius 1 is 1.26 bits per heavy atom. The number of aromatic nitrogens is 2. The molecule has 1 N–H and O–H groups in total. The molecule has 0 bridgehead atoms. The Kier molecular flexibility index (Phi) is 3.85. The van der Waals surface area contributed by atoms with Crippen molar-refractivity contribution in [3.63, 3.8) is 0 Å². The van der Waals surface area contributed by atoms with Crippen LogP contribution < -0.4 is 4.72 Å². The van der Waals surface area contributed by atoms with Gasteiger partial charge in [-0.3, -0.25) is 0 Å². The second kappa shape index (κ2) is 5.56. The molecule has 1 heterocycles. The van der Waals surface area contributed by atoms with Crippen molar-refractivity contribution >= 4 is 10.0 Å². The number of hydrogen-bond acceptors (Lipinski definition) is 5. The van der Waals surface area contributed by atoms with E-state index in [2.05, 4.69) is 14.7 Å². The second-order valence-corrected chi connectivity index (χ2v) is 5.37. The van der Waals surface area contributed by atoms with Crippen molar-refractivity contribution in [3.8, 4) is 6.07 Å². The molecule has 0 radical (unpaired) electrons. The molecule has 96 valence electrons. The van der Waals surface area contributed by atoms with Crippen LogP contribution in [0.3, 0.4) is 0 Å². The van der Waals surface area contributed by atoms with Gasteiger partial charge in [-0.25, -0.2) is 23.1 Å². The summed E-state index contributed by atoms with van der Waals surface area (Å²) in [5.41, 5.74) is 0.658. The molecule has 7 heteroatoms. The maximum absolute atomic E-state index is 12.1. The molecule has 19 heavy (non-hydrogen) atoms.